The molecular weight excluding hydrogens is 266 g/mol. The van der Waals surface area contributed by atoms with Crippen molar-refractivity contribution in [3.63, 3.8) is 0 Å². The van der Waals surface area contributed by atoms with E-state index in [1.165, 1.54) is 6.92 Å². The summed E-state index contributed by atoms with van der Waals surface area (Å²) in [4.78, 5) is 23.3. The first-order chi connectivity index (χ1) is 10.1. The topological polar surface area (TPSA) is 70.2 Å². The molecule has 3 N–H and O–H groups in total. The molecule has 0 radical (unpaired) electrons. The molecule has 5 heteroatoms. The van der Waals surface area contributed by atoms with E-state index in [9.17, 15) is 9.59 Å². The van der Waals surface area contributed by atoms with Gasteiger partial charge in [0.05, 0.1) is 12.0 Å². The number of nitrogens with one attached hydrogen (secondary N) is 3. The van der Waals surface area contributed by atoms with Gasteiger partial charge in [-0.05, 0) is 44.0 Å². The van der Waals surface area contributed by atoms with Crippen LogP contribution < -0.4 is 16.0 Å². The van der Waals surface area contributed by atoms with Gasteiger partial charge < -0.3 is 16.0 Å². The van der Waals surface area contributed by atoms with Gasteiger partial charge in [-0.25, -0.2) is 0 Å². The highest BCUT2D eigenvalue weighted by Gasteiger charge is 2.22. The van der Waals surface area contributed by atoms with Gasteiger partial charge in [0, 0.05) is 19.2 Å². The summed E-state index contributed by atoms with van der Waals surface area (Å²) >= 11 is 0. The van der Waals surface area contributed by atoms with Crippen LogP contribution in [0.2, 0.25) is 0 Å². The predicted octanol–water partition coefficient (Wildman–Crippen LogP) is 1.82. The highest BCUT2D eigenvalue weighted by atomic mass is 16.2. The van der Waals surface area contributed by atoms with Crippen LogP contribution in [0.25, 0.3) is 0 Å². The SMILES string of the molecule is CC(=O)Nc1cccc(C(C)NC(=O)C2CCCNC2)c1. The van der Waals surface area contributed by atoms with E-state index in [0.29, 0.717) is 0 Å². The Labute approximate surface area is 125 Å². The third kappa shape index (κ3) is 4.56. The lowest BCUT2D eigenvalue weighted by molar-refractivity contribution is -0.126. The summed E-state index contributed by atoms with van der Waals surface area (Å²) in [5.41, 5.74) is 1.74. The number of amides is 2. The van der Waals surface area contributed by atoms with Gasteiger partial charge in [0.2, 0.25) is 11.8 Å². The maximum atomic E-state index is 12.2. The Bertz CT molecular complexity index is 510. The first-order valence-corrected chi connectivity index (χ1v) is 7.45. The molecule has 1 aliphatic heterocycles. The van der Waals surface area contributed by atoms with Crippen LogP contribution in [0.4, 0.5) is 5.69 Å². The lowest BCUT2D eigenvalue weighted by atomic mass is 9.98. The van der Waals surface area contributed by atoms with Crippen LogP contribution in [-0.2, 0) is 9.59 Å². The van der Waals surface area contributed by atoms with Crippen molar-refractivity contribution in [1.29, 1.82) is 0 Å². The van der Waals surface area contributed by atoms with Crippen LogP contribution in [0.3, 0.4) is 0 Å². The minimum Gasteiger partial charge on any atom is -0.349 e. The molecule has 0 spiro atoms. The Morgan fingerprint density at radius 2 is 2.19 bits per heavy atom. The van der Waals surface area contributed by atoms with Crippen molar-refractivity contribution in [3.8, 4) is 0 Å². The number of piperidine rings is 1. The summed E-state index contributed by atoms with van der Waals surface area (Å²) in [6, 6.07) is 7.49. The van der Waals surface area contributed by atoms with Crippen molar-refractivity contribution in [2.75, 3.05) is 18.4 Å². The van der Waals surface area contributed by atoms with Gasteiger partial charge in [-0.15, -0.1) is 0 Å². The number of anilines is 1. The van der Waals surface area contributed by atoms with E-state index in [-0.39, 0.29) is 23.8 Å². The van der Waals surface area contributed by atoms with Crippen LogP contribution >= 0.6 is 0 Å². The Balaban J connectivity index is 1.97. The molecule has 21 heavy (non-hydrogen) atoms. The van der Waals surface area contributed by atoms with Gasteiger partial charge in [-0.1, -0.05) is 12.1 Å². The van der Waals surface area contributed by atoms with Gasteiger partial charge in [0.25, 0.3) is 0 Å². The van der Waals surface area contributed by atoms with Gasteiger partial charge >= 0.3 is 0 Å². The fraction of sp³-hybridized carbons (Fsp3) is 0.500. The number of carbonyl (C=O) groups excluding carboxylic acids is 2. The van der Waals surface area contributed by atoms with Crippen molar-refractivity contribution >= 4 is 17.5 Å². The van der Waals surface area contributed by atoms with Crippen molar-refractivity contribution in [2.45, 2.75) is 32.7 Å². The molecule has 1 fully saturated rings. The second kappa shape index (κ2) is 7.22. The molecule has 0 bridgehead atoms. The Morgan fingerprint density at radius 1 is 1.38 bits per heavy atom. The zero-order valence-corrected chi connectivity index (χ0v) is 12.6. The van der Waals surface area contributed by atoms with Crippen LogP contribution in [0.1, 0.15) is 38.3 Å². The van der Waals surface area contributed by atoms with Crippen molar-refractivity contribution in [1.82, 2.24) is 10.6 Å². The fourth-order valence-corrected chi connectivity index (χ4v) is 2.58. The van der Waals surface area contributed by atoms with E-state index < -0.39 is 0 Å². The van der Waals surface area contributed by atoms with E-state index in [1.807, 2.05) is 31.2 Å². The third-order valence-corrected chi connectivity index (χ3v) is 3.73. The first kappa shape index (κ1) is 15.5. The largest absolute Gasteiger partial charge is 0.349 e. The Morgan fingerprint density at radius 3 is 2.86 bits per heavy atom. The number of benzene rings is 1. The minimum absolute atomic E-state index is 0.0553. The van der Waals surface area contributed by atoms with Crippen molar-refractivity contribution < 1.29 is 9.59 Å². The molecule has 114 valence electrons. The molecule has 2 unspecified atom stereocenters. The molecular formula is C16H23N3O2. The molecule has 5 nitrogen and oxygen atoms in total. The molecule has 1 aromatic rings. The van der Waals surface area contributed by atoms with Crippen molar-refractivity contribution in [2.24, 2.45) is 5.92 Å². The molecule has 2 atom stereocenters. The summed E-state index contributed by atoms with van der Waals surface area (Å²) in [6.07, 6.45) is 1.99. The predicted molar refractivity (Wildman–Crippen MR) is 82.9 cm³/mol. The molecule has 0 saturated carbocycles. The molecule has 2 rings (SSSR count). The van der Waals surface area contributed by atoms with E-state index in [4.69, 9.17) is 0 Å². The van der Waals surface area contributed by atoms with Gasteiger partial charge in [-0.2, -0.15) is 0 Å². The highest BCUT2D eigenvalue weighted by molar-refractivity contribution is 5.88. The van der Waals surface area contributed by atoms with Crippen LogP contribution in [-0.4, -0.2) is 24.9 Å². The van der Waals surface area contributed by atoms with Crippen LogP contribution in [0.5, 0.6) is 0 Å². The van der Waals surface area contributed by atoms with E-state index in [1.54, 1.807) is 0 Å². The summed E-state index contributed by atoms with van der Waals surface area (Å²) in [7, 11) is 0. The lowest BCUT2D eigenvalue weighted by Crippen LogP contribution is -2.41. The summed E-state index contributed by atoms with van der Waals surface area (Å²) in [5, 5.41) is 9.06. The Kier molecular flexibility index (Phi) is 5.33. The number of hydrogen-bond donors (Lipinski definition) is 3. The zero-order valence-electron chi connectivity index (χ0n) is 12.6. The molecule has 0 aromatic heterocycles. The average molecular weight is 289 g/mol. The zero-order chi connectivity index (χ0) is 15.2. The lowest BCUT2D eigenvalue weighted by Gasteiger charge is -2.24. The fourth-order valence-electron chi connectivity index (χ4n) is 2.58. The second-order valence-corrected chi connectivity index (χ2v) is 5.58. The van der Waals surface area contributed by atoms with Crippen LogP contribution in [0, 0.1) is 5.92 Å². The summed E-state index contributed by atoms with van der Waals surface area (Å²) in [6.45, 7) is 5.19. The average Bonchev–Trinajstić information content (AvgIpc) is 2.47. The van der Waals surface area contributed by atoms with Crippen molar-refractivity contribution in [3.05, 3.63) is 29.8 Å². The maximum absolute atomic E-state index is 12.2. The van der Waals surface area contributed by atoms with E-state index in [2.05, 4.69) is 16.0 Å². The first-order valence-electron chi connectivity index (χ1n) is 7.45. The van der Waals surface area contributed by atoms with Gasteiger partial charge in [0.15, 0.2) is 0 Å². The second-order valence-electron chi connectivity index (χ2n) is 5.58. The standard InChI is InChI=1S/C16H23N3O2/c1-11(18-16(21)14-6-4-8-17-10-14)13-5-3-7-15(9-13)19-12(2)20/h3,5,7,9,11,14,17H,4,6,8,10H2,1-2H3,(H,18,21)(H,19,20). The van der Waals surface area contributed by atoms with E-state index in [0.717, 1.165) is 37.2 Å². The number of carbonyl (C=O) groups is 2. The quantitative estimate of drug-likeness (QED) is 0.792. The molecule has 0 aliphatic carbocycles. The smallest absolute Gasteiger partial charge is 0.224 e. The summed E-state index contributed by atoms with van der Waals surface area (Å²) < 4.78 is 0. The maximum Gasteiger partial charge on any atom is 0.224 e. The van der Waals surface area contributed by atoms with Gasteiger partial charge in [-0.3, -0.25) is 9.59 Å². The van der Waals surface area contributed by atoms with E-state index >= 15 is 0 Å². The minimum atomic E-state index is -0.0999. The molecule has 1 aromatic carbocycles. The molecule has 1 saturated heterocycles. The van der Waals surface area contributed by atoms with Crippen LogP contribution in [0.15, 0.2) is 24.3 Å². The van der Waals surface area contributed by atoms with Gasteiger partial charge in [0.1, 0.15) is 0 Å². The molecule has 1 aliphatic rings. The summed E-state index contributed by atoms with van der Waals surface area (Å²) in [5.74, 6) is 0.0523. The normalized spacial score (nSPS) is 19.6. The molecule has 1 heterocycles. The highest BCUT2D eigenvalue weighted by Crippen LogP contribution is 2.19. The molecule has 2 amide bonds. The third-order valence-electron chi connectivity index (χ3n) is 3.73. The number of hydrogen-bond acceptors (Lipinski definition) is 3. The Hall–Kier alpha value is -1.88. The monoisotopic (exact) mass is 289 g/mol. The number of rotatable bonds is 4.